The molecule has 0 aliphatic rings. The van der Waals surface area contributed by atoms with Crippen LogP contribution in [0.2, 0.25) is 44.3 Å². The second-order valence-electron chi connectivity index (χ2n) is 9.92. The van der Waals surface area contributed by atoms with Gasteiger partial charge in [0.1, 0.15) is 0 Å². The van der Waals surface area contributed by atoms with E-state index in [0.29, 0.717) is 37.8 Å². The molecule has 0 aromatic carbocycles. The van der Waals surface area contributed by atoms with Crippen LogP contribution in [-0.4, -0.2) is 71.9 Å². The van der Waals surface area contributed by atoms with Crippen molar-refractivity contribution in [2.45, 2.75) is 84.4 Å². The smallest absolute Gasteiger partial charge is 0.465 e. The molecule has 196 valence electrons. The molecule has 0 aliphatic carbocycles. The molecule has 0 fully saturated rings. The Labute approximate surface area is 204 Å². The third-order valence-electron chi connectivity index (χ3n) is 5.50. The zero-order valence-electron chi connectivity index (χ0n) is 22.6. The van der Waals surface area contributed by atoms with Crippen molar-refractivity contribution in [2.24, 2.45) is 11.8 Å². The number of rotatable bonds is 18. The van der Waals surface area contributed by atoms with Crippen molar-refractivity contribution in [3.63, 3.8) is 0 Å². The molecule has 0 rings (SSSR count). The summed E-state index contributed by atoms with van der Waals surface area (Å²) in [4.78, 5) is 24.8. The van der Waals surface area contributed by atoms with Crippen LogP contribution in [0.1, 0.15) is 40.0 Å². The minimum Gasteiger partial charge on any atom is -0.465 e. The van der Waals surface area contributed by atoms with Crippen LogP contribution >= 0.6 is 0 Å². The minimum atomic E-state index is -2.65. The number of hydrogen-bond donors (Lipinski definition) is 0. The summed E-state index contributed by atoms with van der Waals surface area (Å²) < 4.78 is 33.6. The van der Waals surface area contributed by atoms with E-state index in [1.54, 1.807) is 21.3 Å². The Balaban J connectivity index is 4.60. The molecule has 0 spiro atoms. The van der Waals surface area contributed by atoms with Gasteiger partial charge in [-0.25, -0.2) is 0 Å². The van der Waals surface area contributed by atoms with E-state index in [1.807, 2.05) is 13.8 Å². The van der Waals surface area contributed by atoms with Crippen LogP contribution in [0.25, 0.3) is 0 Å². The number of hydrogen-bond acceptors (Lipinski definition) is 8. The van der Waals surface area contributed by atoms with Crippen LogP contribution in [0, 0.1) is 11.8 Å². The Morgan fingerprint density at radius 1 is 0.727 bits per heavy atom. The Kier molecular flexibility index (Phi) is 15.2. The lowest BCUT2D eigenvalue weighted by Gasteiger charge is -2.36. The molecule has 0 radical (unpaired) electrons. The number of unbranched alkanes of at least 4 members (excludes halogenated alkanes) is 1. The zero-order valence-corrected chi connectivity index (χ0v) is 25.6. The molecule has 0 saturated carbocycles. The van der Waals surface area contributed by atoms with Crippen molar-refractivity contribution < 1.29 is 36.5 Å². The quantitative estimate of drug-likeness (QED) is 0.143. The molecule has 33 heavy (non-hydrogen) atoms. The van der Waals surface area contributed by atoms with E-state index in [1.165, 1.54) is 0 Å². The summed E-state index contributed by atoms with van der Waals surface area (Å²) in [5.41, 5.74) is 0. The summed E-state index contributed by atoms with van der Waals surface area (Å²) in [5.74, 6) is -0.794. The molecule has 0 aromatic rings. The van der Waals surface area contributed by atoms with Gasteiger partial charge < -0.3 is 26.9 Å². The highest BCUT2D eigenvalue weighted by Crippen LogP contribution is 2.28. The van der Waals surface area contributed by atoms with E-state index in [-0.39, 0.29) is 23.8 Å². The van der Waals surface area contributed by atoms with Gasteiger partial charge in [0.15, 0.2) is 16.6 Å². The van der Waals surface area contributed by atoms with Gasteiger partial charge in [0, 0.05) is 27.4 Å². The molecule has 11 heteroatoms. The summed E-state index contributed by atoms with van der Waals surface area (Å²) in [6, 6.07) is 1.96. The normalized spacial score (nSPS) is 14.6. The largest absolute Gasteiger partial charge is 0.500 e. The SMILES string of the molecule is CCCCOC(=O)C(C)C[Si](C)(C)O[Si](C)(C)CC(C)C(=O)OCCC[Si](OC)(OC)OC. The van der Waals surface area contributed by atoms with Gasteiger partial charge in [-0.3, -0.25) is 9.59 Å². The first-order valence-corrected chi connectivity index (χ1v) is 20.1. The number of carbonyl (C=O) groups is 2. The van der Waals surface area contributed by atoms with Crippen molar-refractivity contribution in [3.8, 4) is 0 Å². The Morgan fingerprint density at radius 3 is 1.48 bits per heavy atom. The first-order valence-electron chi connectivity index (χ1n) is 12.0. The minimum absolute atomic E-state index is 0.147. The summed E-state index contributed by atoms with van der Waals surface area (Å²) in [5, 5.41) is 0. The maximum absolute atomic E-state index is 12.5. The van der Waals surface area contributed by atoms with Crippen LogP contribution < -0.4 is 0 Å². The van der Waals surface area contributed by atoms with Crippen LogP contribution in [0.4, 0.5) is 0 Å². The van der Waals surface area contributed by atoms with E-state index in [0.717, 1.165) is 12.8 Å². The fourth-order valence-electron chi connectivity index (χ4n) is 4.09. The van der Waals surface area contributed by atoms with Gasteiger partial charge in [-0.15, -0.1) is 0 Å². The molecule has 8 nitrogen and oxygen atoms in total. The lowest BCUT2D eigenvalue weighted by molar-refractivity contribution is -0.148. The first-order chi connectivity index (χ1) is 15.3. The molecule has 0 aromatic heterocycles. The van der Waals surface area contributed by atoms with Crippen LogP contribution in [0.15, 0.2) is 0 Å². The summed E-state index contributed by atoms with van der Waals surface area (Å²) in [6.45, 7) is 15.2. The molecule has 0 heterocycles. The van der Waals surface area contributed by atoms with Crippen molar-refractivity contribution in [3.05, 3.63) is 0 Å². The average Bonchev–Trinajstić information content (AvgIpc) is 2.72. The highest BCUT2D eigenvalue weighted by atomic mass is 28.4. The van der Waals surface area contributed by atoms with Gasteiger partial charge in [-0.1, -0.05) is 27.2 Å². The fourth-order valence-corrected chi connectivity index (χ4v) is 15.7. The molecular formula is C22H48O8Si3. The van der Waals surface area contributed by atoms with Crippen LogP contribution in [0.5, 0.6) is 0 Å². The van der Waals surface area contributed by atoms with Crippen molar-refractivity contribution in [1.82, 2.24) is 0 Å². The third kappa shape index (κ3) is 13.2. The summed E-state index contributed by atoms with van der Waals surface area (Å²) in [7, 11) is -2.18. The van der Waals surface area contributed by atoms with Gasteiger partial charge in [0.2, 0.25) is 0 Å². The standard InChI is InChI=1S/C22H48O8Si3/c1-11-12-14-28-21(23)19(2)17-31(7,8)30-32(9,10)18-20(3)22(24)29-15-13-16-33(25-4,26-5)27-6/h19-20H,11-18H2,1-10H3. The van der Waals surface area contributed by atoms with Gasteiger partial charge in [-0.05, 0) is 51.1 Å². The molecule has 2 atom stereocenters. The van der Waals surface area contributed by atoms with Crippen LogP contribution in [0.3, 0.4) is 0 Å². The molecule has 0 saturated heterocycles. The summed E-state index contributed by atoms with van der Waals surface area (Å²) >= 11 is 0. The highest BCUT2D eigenvalue weighted by Gasteiger charge is 2.39. The molecule has 0 N–H and O–H groups in total. The van der Waals surface area contributed by atoms with E-state index in [9.17, 15) is 9.59 Å². The topological polar surface area (TPSA) is 89.5 Å². The van der Waals surface area contributed by atoms with Crippen molar-refractivity contribution in [2.75, 3.05) is 34.5 Å². The van der Waals surface area contributed by atoms with Gasteiger partial charge in [-0.2, -0.15) is 0 Å². The Morgan fingerprint density at radius 2 is 1.12 bits per heavy atom. The predicted octanol–water partition coefficient (Wildman–Crippen LogP) is 4.84. The van der Waals surface area contributed by atoms with E-state index >= 15 is 0 Å². The number of ether oxygens (including phenoxy) is 2. The van der Waals surface area contributed by atoms with Crippen molar-refractivity contribution >= 4 is 37.4 Å². The zero-order chi connectivity index (χ0) is 25.7. The third-order valence-corrected chi connectivity index (χ3v) is 15.9. The van der Waals surface area contributed by atoms with E-state index in [2.05, 4.69) is 33.1 Å². The Bertz CT molecular complexity index is 574. The first kappa shape index (κ1) is 32.4. The molecular weight excluding hydrogens is 476 g/mol. The molecule has 0 bridgehead atoms. The van der Waals surface area contributed by atoms with E-state index < -0.39 is 25.4 Å². The van der Waals surface area contributed by atoms with Gasteiger partial charge >= 0.3 is 20.7 Å². The van der Waals surface area contributed by atoms with Crippen LogP contribution in [-0.2, 0) is 36.5 Å². The molecule has 0 amide bonds. The predicted molar refractivity (Wildman–Crippen MR) is 137 cm³/mol. The second kappa shape index (κ2) is 15.4. The number of esters is 2. The highest BCUT2D eigenvalue weighted by molar-refractivity contribution is 6.85. The molecule has 0 aliphatic heterocycles. The Hall–Kier alpha value is -0.569. The van der Waals surface area contributed by atoms with E-state index in [4.69, 9.17) is 26.9 Å². The lowest BCUT2D eigenvalue weighted by atomic mass is 10.2. The summed E-state index contributed by atoms with van der Waals surface area (Å²) in [6.07, 6.45) is 2.50. The lowest BCUT2D eigenvalue weighted by Crippen LogP contribution is -2.47. The maximum Gasteiger partial charge on any atom is 0.500 e. The second-order valence-corrected chi connectivity index (χ2v) is 21.7. The van der Waals surface area contributed by atoms with Gasteiger partial charge in [0.05, 0.1) is 25.0 Å². The molecule has 2 unspecified atom stereocenters. The van der Waals surface area contributed by atoms with Crippen molar-refractivity contribution in [1.29, 1.82) is 0 Å². The van der Waals surface area contributed by atoms with Gasteiger partial charge in [0.25, 0.3) is 0 Å². The monoisotopic (exact) mass is 524 g/mol. The number of carbonyl (C=O) groups excluding carboxylic acids is 2. The maximum atomic E-state index is 12.5. The average molecular weight is 525 g/mol. The fraction of sp³-hybridized carbons (Fsp3) is 0.909.